The van der Waals surface area contributed by atoms with Gasteiger partial charge >= 0.3 is 0 Å². The topological polar surface area (TPSA) is 98.7 Å². The Bertz CT molecular complexity index is 1650. The van der Waals surface area contributed by atoms with Gasteiger partial charge in [0.1, 0.15) is 26.0 Å². The van der Waals surface area contributed by atoms with Gasteiger partial charge in [0.15, 0.2) is 5.43 Å². The van der Waals surface area contributed by atoms with Crippen molar-refractivity contribution in [3.63, 3.8) is 0 Å². The maximum Gasteiger partial charge on any atom is 0.213 e. The minimum absolute atomic E-state index is 0.0363. The van der Waals surface area contributed by atoms with E-state index >= 15 is 0 Å². The number of nitrogens with zero attached hydrogens (tertiary/aromatic N) is 5. The first-order chi connectivity index (χ1) is 19.4. The summed E-state index contributed by atoms with van der Waals surface area (Å²) >= 11 is 0. The molecule has 0 aliphatic carbocycles. The molecule has 2 radical (unpaired) electrons. The van der Waals surface area contributed by atoms with Gasteiger partial charge < -0.3 is 29.6 Å². The zero-order valence-corrected chi connectivity index (χ0v) is 22.7. The summed E-state index contributed by atoms with van der Waals surface area (Å²) in [7, 11) is 7.78. The molecule has 9 nitrogen and oxygen atoms in total. The first-order valence-corrected chi connectivity index (χ1v) is 13.4. The first kappa shape index (κ1) is 25.8. The van der Waals surface area contributed by atoms with E-state index in [0.29, 0.717) is 60.1 Å². The van der Waals surface area contributed by atoms with Gasteiger partial charge in [0, 0.05) is 54.7 Å². The molecular weight excluding hydrogens is 503 g/mol. The highest BCUT2D eigenvalue weighted by molar-refractivity contribution is 6.33. The van der Waals surface area contributed by atoms with Gasteiger partial charge in [0.2, 0.25) is 5.88 Å². The molecule has 1 atom stereocenters. The number of hydrogen-bond donors (Lipinski definition) is 1. The molecule has 40 heavy (non-hydrogen) atoms. The Kier molecular flexibility index (Phi) is 6.83. The van der Waals surface area contributed by atoms with Crippen molar-refractivity contribution in [1.29, 1.82) is 0 Å². The Balaban J connectivity index is 1.40. The van der Waals surface area contributed by atoms with Crippen LogP contribution in [0.1, 0.15) is 30.5 Å². The Labute approximate surface area is 234 Å². The maximum absolute atomic E-state index is 13.9. The second-order valence-electron chi connectivity index (χ2n) is 10.4. The van der Waals surface area contributed by atoms with Gasteiger partial charge in [-0.2, -0.15) is 0 Å². The van der Waals surface area contributed by atoms with Crippen LogP contribution in [0.2, 0.25) is 0 Å². The van der Waals surface area contributed by atoms with Gasteiger partial charge in [-0.25, -0.2) is 9.97 Å². The van der Waals surface area contributed by atoms with Crippen LogP contribution in [0.25, 0.3) is 10.9 Å². The number of nitrogen functional groups attached to an aromatic ring is 1. The lowest BCUT2D eigenvalue weighted by Crippen LogP contribution is -2.37. The Morgan fingerprint density at radius 3 is 2.88 bits per heavy atom. The van der Waals surface area contributed by atoms with E-state index in [2.05, 4.69) is 37.3 Å². The third-order valence-electron chi connectivity index (χ3n) is 7.56. The van der Waals surface area contributed by atoms with Crippen LogP contribution in [0, 0.1) is 0 Å². The molecule has 4 aromatic rings. The smallest absolute Gasteiger partial charge is 0.213 e. The normalized spacial score (nSPS) is 16.4. The van der Waals surface area contributed by atoms with Crippen molar-refractivity contribution < 1.29 is 9.47 Å². The number of aromatic nitrogens is 3. The fraction of sp³-hybridized carbons (Fsp3) is 0.300. The standard InChI is InChI=1S/C30H31BN6O3/c1-19-18-40-26-12-22(31)11-25-29(26)37(19)16-21(30(25)38)15-36(14-20-7-8-33-28(10-20)39-2)24-4-3-9-35(17-24)23-5-6-27(32)34-13-23/h4-8,10-13,16,19H,3,9,14-15,17-18H2,1-2H3,(H2,32,34). The number of pyridine rings is 3. The Morgan fingerprint density at radius 2 is 2.08 bits per heavy atom. The molecule has 0 bridgehead atoms. The lowest BCUT2D eigenvalue weighted by molar-refractivity contribution is 0.246. The molecule has 1 aromatic carbocycles. The van der Waals surface area contributed by atoms with E-state index in [1.807, 2.05) is 36.7 Å². The van der Waals surface area contributed by atoms with Gasteiger partial charge in [0.05, 0.1) is 37.1 Å². The number of nitrogens with two attached hydrogens (primary N) is 1. The highest BCUT2D eigenvalue weighted by Gasteiger charge is 2.25. The van der Waals surface area contributed by atoms with E-state index in [-0.39, 0.29) is 11.5 Å². The summed E-state index contributed by atoms with van der Waals surface area (Å²) in [6.07, 6.45) is 8.67. The molecule has 2 aliphatic heterocycles. The van der Waals surface area contributed by atoms with Crippen LogP contribution in [-0.4, -0.2) is 54.1 Å². The fourth-order valence-corrected chi connectivity index (χ4v) is 5.50. The van der Waals surface area contributed by atoms with Crippen molar-refractivity contribution >= 4 is 35.7 Å². The van der Waals surface area contributed by atoms with Crippen LogP contribution in [0.5, 0.6) is 11.6 Å². The zero-order chi connectivity index (χ0) is 27.8. The average molecular weight is 534 g/mol. The molecule has 1 unspecified atom stereocenters. The predicted octanol–water partition coefficient (Wildman–Crippen LogP) is 2.93. The zero-order valence-electron chi connectivity index (χ0n) is 22.7. The van der Waals surface area contributed by atoms with E-state index in [4.69, 9.17) is 23.1 Å². The number of rotatable bonds is 7. The molecule has 0 saturated carbocycles. The summed E-state index contributed by atoms with van der Waals surface area (Å²) < 4.78 is 13.5. The molecule has 3 aromatic heterocycles. The molecule has 5 heterocycles. The highest BCUT2D eigenvalue weighted by Crippen LogP contribution is 2.31. The van der Waals surface area contributed by atoms with Crippen LogP contribution in [0.15, 0.2) is 71.6 Å². The minimum Gasteiger partial charge on any atom is -0.489 e. The van der Waals surface area contributed by atoms with Gasteiger partial charge in [-0.3, -0.25) is 4.79 Å². The third kappa shape index (κ3) is 4.97. The van der Waals surface area contributed by atoms with E-state index < -0.39 is 0 Å². The lowest BCUT2D eigenvalue weighted by atomic mass is 9.93. The van der Waals surface area contributed by atoms with Gasteiger partial charge in [-0.1, -0.05) is 17.6 Å². The molecule has 202 valence electrons. The van der Waals surface area contributed by atoms with E-state index in [9.17, 15) is 4.79 Å². The second kappa shape index (κ2) is 10.6. The molecule has 2 aliphatic rings. The SMILES string of the molecule is [B]c1cc2c3c(c1)c(=O)c(CN(Cc1ccnc(OC)c1)C1=CCCN(c4ccc(N)nc4)C1)cn3C(C)CO2. The van der Waals surface area contributed by atoms with Gasteiger partial charge in [0.25, 0.3) is 0 Å². The second-order valence-corrected chi connectivity index (χ2v) is 10.4. The largest absolute Gasteiger partial charge is 0.489 e. The molecule has 0 saturated heterocycles. The van der Waals surface area contributed by atoms with Crippen LogP contribution in [0.3, 0.4) is 0 Å². The maximum atomic E-state index is 13.9. The summed E-state index contributed by atoms with van der Waals surface area (Å²) in [5, 5.41) is 0.580. The summed E-state index contributed by atoms with van der Waals surface area (Å²) in [6.45, 7) is 5.17. The number of anilines is 2. The Hall–Kier alpha value is -4.47. The molecule has 6 rings (SSSR count). The predicted molar refractivity (Wildman–Crippen MR) is 157 cm³/mol. The number of benzene rings is 1. The number of methoxy groups -OCH3 is 1. The molecule has 0 fully saturated rings. The van der Waals surface area contributed by atoms with Crippen molar-refractivity contribution in [2.75, 3.05) is 37.4 Å². The van der Waals surface area contributed by atoms with Crippen molar-refractivity contribution in [3.8, 4) is 11.6 Å². The summed E-state index contributed by atoms with van der Waals surface area (Å²) in [5.74, 6) is 1.70. The van der Waals surface area contributed by atoms with E-state index in [1.165, 1.54) is 0 Å². The molecule has 2 N–H and O–H groups in total. The van der Waals surface area contributed by atoms with Crippen LogP contribution >= 0.6 is 0 Å². The molecular formula is C30H31BN6O3. The molecule has 10 heteroatoms. The van der Waals surface area contributed by atoms with E-state index in [1.54, 1.807) is 25.4 Å². The van der Waals surface area contributed by atoms with Crippen LogP contribution in [-0.2, 0) is 13.1 Å². The number of hydrogen-bond acceptors (Lipinski definition) is 8. The lowest BCUT2D eigenvalue weighted by Gasteiger charge is -2.36. The van der Waals surface area contributed by atoms with Crippen molar-refractivity contribution in [3.05, 3.63) is 88.1 Å². The minimum atomic E-state index is -0.0363. The summed E-state index contributed by atoms with van der Waals surface area (Å²) in [6, 6.07) is 11.4. The quantitative estimate of drug-likeness (QED) is 0.362. The summed E-state index contributed by atoms with van der Waals surface area (Å²) in [5.41, 5.74) is 11.0. The third-order valence-corrected chi connectivity index (χ3v) is 7.56. The van der Waals surface area contributed by atoms with Gasteiger partial charge in [-0.05, 0) is 43.2 Å². The fourth-order valence-electron chi connectivity index (χ4n) is 5.50. The summed E-state index contributed by atoms with van der Waals surface area (Å²) in [4.78, 5) is 27.0. The number of ether oxygens (including phenoxy) is 2. The van der Waals surface area contributed by atoms with Crippen molar-refractivity contribution in [2.45, 2.75) is 32.5 Å². The van der Waals surface area contributed by atoms with Crippen molar-refractivity contribution in [2.24, 2.45) is 0 Å². The monoisotopic (exact) mass is 534 g/mol. The Morgan fingerprint density at radius 1 is 1.20 bits per heavy atom. The van der Waals surface area contributed by atoms with Crippen LogP contribution in [0.4, 0.5) is 11.5 Å². The van der Waals surface area contributed by atoms with E-state index in [0.717, 1.165) is 35.4 Å². The van der Waals surface area contributed by atoms with Gasteiger partial charge in [-0.15, -0.1) is 0 Å². The average Bonchev–Trinajstić information content (AvgIpc) is 2.97. The molecule has 0 spiro atoms. The van der Waals surface area contributed by atoms with Crippen molar-refractivity contribution in [1.82, 2.24) is 19.4 Å². The van der Waals surface area contributed by atoms with Crippen LogP contribution < -0.4 is 31.0 Å². The molecule has 0 amide bonds. The highest BCUT2D eigenvalue weighted by atomic mass is 16.5. The first-order valence-electron chi connectivity index (χ1n) is 13.4.